The monoisotopic (exact) mass is 448 g/mol. The number of tetrazole rings is 1. The van der Waals surface area contributed by atoms with Gasteiger partial charge < -0.3 is 5.73 Å². The summed E-state index contributed by atoms with van der Waals surface area (Å²) in [4.78, 5) is 25.6. The van der Waals surface area contributed by atoms with Gasteiger partial charge in [-0.1, -0.05) is 13.8 Å². The number of hydrogen-bond acceptors (Lipinski definition) is 7. The SMILES string of the molecule is Cc1cnc(CC2(c3ccc(F)cn3)C=C(n3nnnc3CC(C)C)C=C(C(N)=O)C2)cn1. The van der Waals surface area contributed by atoms with Crippen molar-refractivity contribution < 1.29 is 9.18 Å². The van der Waals surface area contributed by atoms with Crippen LogP contribution in [-0.2, 0) is 23.1 Å². The van der Waals surface area contributed by atoms with Crippen LogP contribution in [0.3, 0.4) is 0 Å². The predicted molar refractivity (Wildman–Crippen MR) is 119 cm³/mol. The summed E-state index contributed by atoms with van der Waals surface area (Å²) in [6.07, 6.45) is 9.48. The highest BCUT2D eigenvalue weighted by Gasteiger charge is 2.38. The Hall–Kier alpha value is -3.82. The Kier molecular flexibility index (Phi) is 6.08. The zero-order valence-electron chi connectivity index (χ0n) is 18.7. The van der Waals surface area contributed by atoms with Gasteiger partial charge in [0, 0.05) is 36.2 Å². The van der Waals surface area contributed by atoms with Crippen LogP contribution >= 0.6 is 0 Å². The summed E-state index contributed by atoms with van der Waals surface area (Å²) in [5.41, 5.74) is 7.95. The van der Waals surface area contributed by atoms with Gasteiger partial charge in [0.05, 0.1) is 29.0 Å². The number of primary amides is 1. The second kappa shape index (κ2) is 8.97. The number of aromatic nitrogens is 7. The van der Waals surface area contributed by atoms with Crippen LogP contribution in [0.5, 0.6) is 0 Å². The van der Waals surface area contributed by atoms with Crippen molar-refractivity contribution in [2.75, 3.05) is 0 Å². The highest BCUT2D eigenvalue weighted by molar-refractivity contribution is 5.95. The molecule has 33 heavy (non-hydrogen) atoms. The first kappa shape index (κ1) is 22.4. The average molecular weight is 449 g/mol. The zero-order valence-corrected chi connectivity index (χ0v) is 18.7. The van der Waals surface area contributed by atoms with E-state index in [0.717, 1.165) is 11.9 Å². The molecular weight excluding hydrogens is 423 g/mol. The van der Waals surface area contributed by atoms with E-state index in [1.807, 2.05) is 13.0 Å². The van der Waals surface area contributed by atoms with Crippen molar-refractivity contribution in [3.8, 4) is 0 Å². The van der Waals surface area contributed by atoms with Crippen LogP contribution in [0.4, 0.5) is 4.39 Å². The lowest BCUT2D eigenvalue weighted by Crippen LogP contribution is -2.35. The molecule has 1 amide bonds. The van der Waals surface area contributed by atoms with E-state index < -0.39 is 17.1 Å². The molecule has 170 valence electrons. The number of aryl methyl sites for hydroxylation is 1. The summed E-state index contributed by atoms with van der Waals surface area (Å²) in [6.45, 7) is 6.00. The second-order valence-corrected chi connectivity index (χ2v) is 8.73. The lowest BCUT2D eigenvalue weighted by atomic mass is 9.71. The van der Waals surface area contributed by atoms with E-state index >= 15 is 0 Å². The fourth-order valence-electron chi connectivity index (χ4n) is 4.00. The molecular formula is C23H25FN8O. The standard InChI is InChI=1S/C23H25FN8O/c1-14(2)6-21-29-30-31-32(21)19-7-16(22(25)33)8-23(10-19,20-5-4-17(24)12-28-20)9-18-13-26-15(3)11-27-18/h4-5,7,10-14H,6,8-9H2,1-3H3,(H2,25,33). The van der Waals surface area contributed by atoms with Gasteiger partial charge in [-0.3, -0.25) is 19.7 Å². The molecule has 2 N–H and O–H groups in total. The summed E-state index contributed by atoms with van der Waals surface area (Å²) in [5.74, 6) is -0.0193. The van der Waals surface area contributed by atoms with E-state index in [1.54, 1.807) is 29.2 Å². The molecule has 0 aromatic carbocycles. The quantitative estimate of drug-likeness (QED) is 0.588. The van der Waals surface area contributed by atoms with Gasteiger partial charge in [-0.2, -0.15) is 4.68 Å². The lowest BCUT2D eigenvalue weighted by Gasteiger charge is -2.34. The summed E-state index contributed by atoms with van der Waals surface area (Å²) < 4.78 is 15.3. The molecule has 10 heteroatoms. The number of rotatable bonds is 7. The maximum absolute atomic E-state index is 13.7. The molecule has 0 aliphatic heterocycles. The number of halogens is 1. The highest BCUT2D eigenvalue weighted by atomic mass is 19.1. The molecule has 1 atom stereocenters. The summed E-state index contributed by atoms with van der Waals surface area (Å²) >= 11 is 0. The van der Waals surface area contributed by atoms with Crippen LogP contribution in [-0.4, -0.2) is 41.1 Å². The van der Waals surface area contributed by atoms with Crippen molar-refractivity contribution in [3.63, 3.8) is 0 Å². The highest BCUT2D eigenvalue weighted by Crippen LogP contribution is 2.40. The van der Waals surface area contributed by atoms with Gasteiger partial charge in [-0.25, -0.2) is 4.39 Å². The fourth-order valence-corrected chi connectivity index (χ4v) is 4.00. The molecule has 1 aliphatic carbocycles. The number of nitrogens with two attached hydrogens (primary N) is 1. The first-order valence-corrected chi connectivity index (χ1v) is 10.7. The Bertz CT molecular complexity index is 1210. The van der Waals surface area contributed by atoms with Crippen molar-refractivity contribution in [1.29, 1.82) is 0 Å². The largest absolute Gasteiger partial charge is 0.366 e. The number of carbonyl (C=O) groups excluding carboxylic acids is 1. The van der Waals surface area contributed by atoms with E-state index in [0.29, 0.717) is 47.2 Å². The normalized spacial score (nSPS) is 18.2. The Morgan fingerprint density at radius 3 is 2.67 bits per heavy atom. The molecule has 3 aromatic heterocycles. The maximum atomic E-state index is 13.7. The van der Waals surface area contributed by atoms with Crippen molar-refractivity contribution in [1.82, 2.24) is 35.2 Å². The minimum atomic E-state index is -0.840. The smallest absolute Gasteiger partial charge is 0.244 e. The maximum Gasteiger partial charge on any atom is 0.244 e. The third-order valence-corrected chi connectivity index (χ3v) is 5.51. The van der Waals surface area contributed by atoms with Gasteiger partial charge >= 0.3 is 0 Å². The average Bonchev–Trinajstić information content (AvgIpc) is 3.23. The molecule has 1 aliphatic rings. The van der Waals surface area contributed by atoms with Crippen molar-refractivity contribution >= 4 is 11.6 Å². The lowest BCUT2D eigenvalue weighted by molar-refractivity contribution is -0.114. The summed E-state index contributed by atoms with van der Waals surface area (Å²) in [5, 5.41) is 12.2. The van der Waals surface area contributed by atoms with Gasteiger partial charge in [-0.15, -0.1) is 5.10 Å². The fraction of sp³-hybridized carbons (Fsp3) is 0.348. The molecule has 0 bridgehead atoms. The Balaban J connectivity index is 1.89. The molecule has 1 unspecified atom stereocenters. The van der Waals surface area contributed by atoms with Crippen LogP contribution in [0.2, 0.25) is 0 Å². The molecule has 0 fully saturated rings. The number of allylic oxidation sites excluding steroid dienone is 3. The van der Waals surface area contributed by atoms with Crippen molar-refractivity contribution in [2.24, 2.45) is 11.7 Å². The molecule has 0 radical (unpaired) electrons. The van der Waals surface area contributed by atoms with E-state index in [4.69, 9.17) is 5.73 Å². The topological polar surface area (TPSA) is 125 Å². The molecule has 9 nitrogen and oxygen atoms in total. The molecule has 4 rings (SSSR count). The molecule has 3 aromatic rings. The number of amides is 1. The number of hydrogen-bond donors (Lipinski definition) is 1. The van der Waals surface area contributed by atoms with Gasteiger partial charge in [0.1, 0.15) is 5.82 Å². The minimum absolute atomic E-state index is 0.266. The van der Waals surface area contributed by atoms with Gasteiger partial charge in [-0.05, 0) is 54.0 Å². The van der Waals surface area contributed by atoms with Crippen LogP contribution in [0.25, 0.3) is 5.70 Å². The molecule has 0 spiro atoms. The van der Waals surface area contributed by atoms with Crippen LogP contribution in [0.1, 0.15) is 43.2 Å². The molecule has 0 saturated heterocycles. The van der Waals surface area contributed by atoms with Crippen molar-refractivity contribution in [3.05, 3.63) is 77.2 Å². The van der Waals surface area contributed by atoms with Gasteiger partial charge in [0.2, 0.25) is 5.91 Å². The number of pyridine rings is 1. The summed E-state index contributed by atoms with van der Waals surface area (Å²) in [6, 6.07) is 2.96. The molecule has 3 heterocycles. The summed E-state index contributed by atoms with van der Waals surface area (Å²) in [7, 11) is 0. The van der Waals surface area contributed by atoms with Crippen LogP contribution in [0.15, 0.2) is 48.4 Å². The number of nitrogens with zero attached hydrogens (tertiary/aromatic N) is 7. The van der Waals surface area contributed by atoms with Crippen LogP contribution < -0.4 is 5.73 Å². The van der Waals surface area contributed by atoms with Crippen LogP contribution in [0, 0.1) is 18.7 Å². The Morgan fingerprint density at radius 2 is 2.03 bits per heavy atom. The predicted octanol–water partition coefficient (Wildman–Crippen LogP) is 2.34. The van der Waals surface area contributed by atoms with E-state index in [9.17, 15) is 9.18 Å². The molecule has 0 saturated carbocycles. The minimum Gasteiger partial charge on any atom is -0.366 e. The van der Waals surface area contributed by atoms with Gasteiger partial charge in [0.15, 0.2) is 5.82 Å². The third-order valence-electron chi connectivity index (χ3n) is 5.51. The first-order chi connectivity index (χ1) is 15.8. The number of carbonyl (C=O) groups is 1. The second-order valence-electron chi connectivity index (χ2n) is 8.73. The zero-order chi connectivity index (χ0) is 23.6. The Labute approximate surface area is 190 Å². The van der Waals surface area contributed by atoms with E-state index in [2.05, 4.69) is 44.3 Å². The Morgan fingerprint density at radius 1 is 1.21 bits per heavy atom. The van der Waals surface area contributed by atoms with E-state index in [1.165, 1.54) is 6.07 Å². The van der Waals surface area contributed by atoms with E-state index in [-0.39, 0.29) is 6.42 Å². The van der Waals surface area contributed by atoms with Gasteiger partial charge in [0.25, 0.3) is 0 Å². The third kappa shape index (κ3) is 4.84. The van der Waals surface area contributed by atoms with Crippen molar-refractivity contribution in [2.45, 2.75) is 45.4 Å². The first-order valence-electron chi connectivity index (χ1n) is 10.7.